The first-order valence-electron chi connectivity index (χ1n) is 4.22. The third-order valence-electron chi connectivity index (χ3n) is 1.81. The van der Waals surface area contributed by atoms with E-state index in [4.69, 9.17) is 0 Å². The Morgan fingerprint density at radius 2 is 1.50 bits per heavy atom. The first kappa shape index (κ1) is 10.3. The maximum absolute atomic E-state index is 4.50. The Balaban J connectivity index is 3.30. The predicted molar refractivity (Wildman–Crippen MR) is 51.7 cm³/mol. The summed E-state index contributed by atoms with van der Waals surface area (Å²) < 4.78 is 0. The van der Waals surface area contributed by atoms with Crippen molar-refractivity contribution >= 4 is 12.6 Å². The zero-order chi connectivity index (χ0) is 8.15. The van der Waals surface area contributed by atoms with Gasteiger partial charge in [0.2, 0.25) is 0 Å². The molecule has 0 saturated heterocycles. The van der Waals surface area contributed by atoms with E-state index in [-0.39, 0.29) is 0 Å². The summed E-state index contributed by atoms with van der Waals surface area (Å²) in [6.45, 7) is 9.00. The molecule has 0 aromatic heterocycles. The summed E-state index contributed by atoms with van der Waals surface area (Å²) >= 11 is 4.50. The van der Waals surface area contributed by atoms with Gasteiger partial charge in [0.15, 0.2) is 0 Å². The van der Waals surface area contributed by atoms with E-state index in [9.17, 15) is 0 Å². The SMILES string of the molecule is CC(C)CCC(S)C(C)C. The third-order valence-corrected chi connectivity index (χ3v) is 2.66. The second-order valence-corrected chi connectivity index (χ2v) is 4.45. The molecule has 0 bridgehead atoms. The number of thiol groups is 1. The summed E-state index contributed by atoms with van der Waals surface area (Å²) in [7, 11) is 0. The molecule has 0 aliphatic rings. The van der Waals surface area contributed by atoms with Crippen LogP contribution in [0, 0.1) is 11.8 Å². The molecule has 0 heterocycles. The summed E-state index contributed by atoms with van der Waals surface area (Å²) in [6.07, 6.45) is 2.57. The van der Waals surface area contributed by atoms with Crippen molar-refractivity contribution in [3.63, 3.8) is 0 Å². The topological polar surface area (TPSA) is 0 Å². The fraction of sp³-hybridized carbons (Fsp3) is 1.00. The van der Waals surface area contributed by atoms with Gasteiger partial charge in [-0.2, -0.15) is 12.6 Å². The highest BCUT2D eigenvalue weighted by atomic mass is 32.1. The van der Waals surface area contributed by atoms with Crippen molar-refractivity contribution in [2.45, 2.75) is 45.8 Å². The molecule has 0 N–H and O–H groups in total. The van der Waals surface area contributed by atoms with Crippen LogP contribution in [0.5, 0.6) is 0 Å². The van der Waals surface area contributed by atoms with Crippen LogP contribution in [0.1, 0.15) is 40.5 Å². The quantitative estimate of drug-likeness (QED) is 0.599. The molecule has 0 nitrogen and oxygen atoms in total. The molecule has 0 aromatic carbocycles. The maximum atomic E-state index is 4.50. The summed E-state index contributed by atoms with van der Waals surface area (Å²) in [5.74, 6) is 1.55. The van der Waals surface area contributed by atoms with Crippen LogP contribution in [-0.4, -0.2) is 5.25 Å². The van der Waals surface area contributed by atoms with E-state index >= 15 is 0 Å². The molecule has 0 amide bonds. The minimum absolute atomic E-state index is 0.599. The molecule has 0 saturated carbocycles. The number of rotatable bonds is 4. The van der Waals surface area contributed by atoms with Crippen LogP contribution in [0.2, 0.25) is 0 Å². The second-order valence-electron chi connectivity index (χ2n) is 3.78. The van der Waals surface area contributed by atoms with Crippen LogP contribution in [-0.2, 0) is 0 Å². The molecule has 10 heavy (non-hydrogen) atoms. The lowest BCUT2D eigenvalue weighted by Crippen LogP contribution is -2.08. The van der Waals surface area contributed by atoms with Gasteiger partial charge in [-0.05, 0) is 24.7 Å². The van der Waals surface area contributed by atoms with Crippen molar-refractivity contribution in [3.8, 4) is 0 Å². The molecule has 1 atom stereocenters. The molecule has 1 unspecified atom stereocenters. The molecule has 0 aromatic rings. The van der Waals surface area contributed by atoms with Gasteiger partial charge in [0.05, 0.1) is 0 Å². The molecule has 0 fully saturated rings. The van der Waals surface area contributed by atoms with E-state index in [1.165, 1.54) is 12.8 Å². The summed E-state index contributed by atoms with van der Waals surface area (Å²) in [6, 6.07) is 0. The Hall–Kier alpha value is 0.350. The fourth-order valence-electron chi connectivity index (χ4n) is 0.837. The summed E-state index contributed by atoms with van der Waals surface area (Å²) in [4.78, 5) is 0. The van der Waals surface area contributed by atoms with Crippen molar-refractivity contribution in [3.05, 3.63) is 0 Å². The van der Waals surface area contributed by atoms with Gasteiger partial charge in [-0.1, -0.05) is 27.7 Å². The van der Waals surface area contributed by atoms with Crippen LogP contribution in [0.15, 0.2) is 0 Å². The smallest absolute Gasteiger partial charge is 0.00399 e. The van der Waals surface area contributed by atoms with E-state index in [2.05, 4.69) is 40.3 Å². The van der Waals surface area contributed by atoms with Gasteiger partial charge < -0.3 is 0 Å². The number of hydrogen-bond acceptors (Lipinski definition) is 1. The fourth-order valence-corrected chi connectivity index (χ4v) is 0.986. The van der Waals surface area contributed by atoms with Gasteiger partial charge in [-0.25, -0.2) is 0 Å². The zero-order valence-electron chi connectivity index (χ0n) is 7.59. The Morgan fingerprint density at radius 3 is 1.80 bits per heavy atom. The molecule has 0 spiro atoms. The first-order chi connectivity index (χ1) is 4.54. The van der Waals surface area contributed by atoms with Gasteiger partial charge in [-0.15, -0.1) is 0 Å². The van der Waals surface area contributed by atoms with Crippen molar-refractivity contribution in [2.75, 3.05) is 0 Å². The van der Waals surface area contributed by atoms with Gasteiger partial charge >= 0.3 is 0 Å². The van der Waals surface area contributed by atoms with Crippen LogP contribution < -0.4 is 0 Å². The Kier molecular flexibility index (Phi) is 5.24. The van der Waals surface area contributed by atoms with Crippen molar-refractivity contribution < 1.29 is 0 Å². The van der Waals surface area contributed by atoms with E-state index in [1.807, 2.05) is 0 Å². The van der Waals surface area contributed by atoms with Crippen molar-refractivity contribution in [1.29, 1.82) is 0 Å². The molecule has 0 aliphatic heterocycles. The van der Waals surface area contributed by atoms with Gasteiger partial charge in [0.1, 0.15) is 0 Å². The largest absolute Gasteiger partial charge is 0.176 e. The lowest BCUT2D eigenvalue weighted by atomic mass is 10.0. The van der Waals surface area contributed by atoms with Crippen LogP contribution in [0.25, 0.3) is 0 Å². The Labute approximate surface area is 70.8 Å². The highest BCUT2D eigenvalue weighted by Crippen LogP contribution is 2.17. The van der Waals surface area contributed by atoms with E-state index in [1.54, 1.807) is 0 Å². The van der Waals surface area contributed by atoms with Crippen molar-refractivity contribution in [1.82, 2.24) is 0 Å². The van der Waals surface area contributed by atoms with E-state index in [0.29, 0.717) is 5.25 Å². The Morgan fingerprint density at radius 1 is 1.00 bits per heavy atom. The third kappa shape index (κ3) is 5.16. The number of hydrogen-bond donors (Lipinski definition) is 1. The van der Waals surface area contributed by atoms with Crippen LogP contribution in [0.4, 0.5) is 0 Å². The molecule has 0 rings (SSSR count). The average molecular weight is 160 g/mol. The monoisotopic (exact) mass is 160 g/mol. The molecule has 0 aliphatic carbocycles. The van der Waals surface area contributed by atoms with Gasteiger partial charge in [0, 0.05) is 5.25 Å². The molecule has 0 radical (unpaired) electrons. The normalized spacial score (nSPS) is 14.7. The highest BCUT2D eigenvalue weighted by Gasteiger charge is 2.07. The maximum Gasteiger partial charge on any atom is 0.00399 e. The first-order valence-corrected chi connectivity index (χ1v) is 4.73. The lowest BCUT2D eigenvalue weighted by molar-refractivity contribution is 0.494. The average Bonchev–Trinajstić information content (AvgIpc) is 1.82. The lowest BCUT2D eigenvalue weighted by Gasteiger charge is -2.15. The molecular weight excluding hydrogens is 140 g/mol. The molecular formula is C9H20S. The van der Waals surface area contributed by atoms with Gasteiger partial charge in [-0.3, -0.25) is 0 Å². The Bertz CT molecular complexity index is 76.8. The second kappa shape index (κ2) is 5.06. The van der Waals surface area contributed by atoms with E-state index in [0.717, 1.165) is 11.8 Å². The van der Waals surface area contributed by atoms with Crippen molar-refractivity contribution in [2.24, 2.45) is 11.8 Å². The standard InChI is InChI=1S/C9H20S/c1-7(2)5-6-9(10)8(3)4/h7-10H,5-6H2,1-4H3. The van der Waals surface area contributed by atoms with Crippen LogP contribution >= 0.6 is 12.6 Å². The minimum Gasteiger partial charge on any atom is -0.176 e. The summed E-state index contributed by atoms with van der Waals surface area (Å²) in [5.41, 5.74) is 0. The zero-order valence-corrected chi connectivity index (χ0v) is 8.49. The van der Waals surface area contributed by atoms with Crippen LogP contribution in [0.3, 0.4) is 0 Å². The minimum atomic E-state index is 0.599. The highest BCUT2D eigenvalue weighted by molar-refractivity contribution is 7.81. The summed E-state index contributed by atoms with van der Waals surface area (Å²) in [5, 5.41) is 0.599. The molecule has 62 valence electrons. The van der Waals surface area contributed by atoms with Gasteiger partial charge in [0.25, 0.3) is 0 Å². The molecule has 1 heteroatoms. The predicted octanol–water partition coefficient (Wildman–Crippen LogP) is 3.38. The van der Waals surface area contributed by atoms with E-state index < -0.39 is 0 Å².